The first-order valence-corrected chi connectivity index (χ1v) is 8.38. The Morgan fingerprint density at radius 1 is 1.43 bits per heavy atom. The molecule has 0 amide bonds. The third kappa shape index (κ3) is 4.55. The van der Waals surface area contributed by atoms with Crippen molar-refractivity contribution in [2.24, 2.45) is 0 Å². The number of ether oxygens (including phenoxy) is 1. The second-order valence-electron chi connectivity index (χ2n) is 4.12. The van der Waals surface area contributed by atoms with Gasteiger partial charge < -0.3 is 9.84 Å². The highest BCUT2D eigenvalue weighted by atomic mass is 32.2. The van der Waals surface area contributed by atoms with Crippen molar-refractivity contribution in [2.45, 2.75) is 13.0 Å². The number of aryl methyl sites for hydroxylation is 1. The SMILES string of the molecule is O=C(O)CSC(=S)OCCCn1c(=O)sc2ccccc21. The number of benzene rings is 1. The molecule has 1 heterocycles. The molecule has 0 radical (unpaired) electrons. The number of thiocarbonyl (C=S) groups is 1. The van der Waals surface area contributed by atoms with Gasteiger partial charge in [-0.15, -0.1) is 0 Å². The zero-order chi connectivity index (χ0) is 15.2. The molecule has 0 aliphatic heterocycles. The van der Waals surface area contributed by atoms with Gasteiger partial charge in [-0.05, 0) is 30.8 Å². The Balaban J connectivity index is 1.83. The summed E-state index contributed by atoms with van der Waals surface area (Å²) < 4.78 is 8.17. The highest BCUT2D eigenvalue weighted by Crippen LogP contribution is 2.16. The van der Waals surface area contributed by atoms with Crippen LogP contribution in [0.3, 0.4) is 0 Å². The number of thiazole rings is 1. The van der Waals surface area contributed by atoms with Crippen LogP contribution in [0, 0.1) is 0 Å². The number of fused-ring (bicyclic) bond motifs is 1. The summed E-state index contributed by atoms with van der Waals surface area (Å²) in [6.07, 6.45) is 0.633. The van der Waals surface area contributed by atoms with Crippen molar-refractivity contribution in [3.05, 3.63) is 33.9 Å². The number of para-hydroxylation sites is 1. The second-order valence-corrected chi connectivity index (χ2v) is 6.69. The van der Waals surface area contributed by atoms with Crippen molar-refractivity contribution < 1.29 is 14.6 Å². The average molecular weight is 343 g/mol. The third-order valence-electron chi connectivity index (χ3n) is 2.63. The molecule has 2 rings (SSSR count). The van der Waals surface area contributed by atoms with Crippen LogP contribution in [0.1, 0.15) is 6.42 Å². The molecule has 0 atom stereocenters. The average Bonchev–Trinajstić information content (AvgIpc) is 2.77. The van der Waals surface area contributed by atoms with E-state index in [4.69, 9.17) is 22.1 Å². The number of thioether (sulfide) groups is 1. The van der Waals surface area contributed by atoms with E-state index in [0.29, 0.717) is 19.6 Å². The fourth-order valence-electron chi connectivity index (χ4n) is 1.77. The molecule has 1 aromatic carbocycles. The van der Waals surface area contributed by atoms with Gasteiger partial charge in [0.25, 0.3) is 0 Å². The van der Waals surface area contributed by atoms with Crippen LogP contribution in [0.25, 0.3) is 10.2 Å². The van der Waals surface area contributed by atoms with Crippen LogP contribution in [0.15, 0.2) is 29.1 Å². The van der Waals surface area contributed by atoms with Gasteiger partial charge in [-0.3, -0.25) is 14.2 Å². The van der Waals surface area contributed by atoms with Crippen LogP contribution in [-0.2, 0) is 16.1 Å². The molecule has 0 unspecified atom stereocenters. The Kier molecular flexibility index (Phi) is 5.77. The summed E-state index contributed by atoms with van der Waals surface area (Å²) in [6.45, 7) is 0.914. The molecule has 8 heteroatoms. The van der Waals surface area contributed by atoms with Crippen molar-refractivity contribution in [1.82, 2.24) is 4.57 Å². The van der Waals surface area contributed by atoms with Crippen molar-refractivity contribution in [3.63, 3.8) is 0 Å². The van der Waals surface area contributed by atoms with E-state index in [-0.39, 0.29) is 15.0 Å². The number of rotatable bonds is 6. The molecule has 1 N–H and O–H groups in total. The zero-order valence-electron chi connectivity index (χ0n) is 11.0. The Hall–Kier alpha value is -1.38. The molecular weight excluding hydrogens is 330 g/mol. The maximum atomic E-state index is 11.9. The first-order chi connectivity index (χ1) is 10.1. The van der Waals surface area contributed by atoms with E-state index in [1.807, 2.05) is 24.3 Å². The highest BCUT2D eigenvalue weighted by Gasteiger charge is 2.07. The van der Waals surface area contributed by atoms with Gasteiger partial charge in [0.15, 0.2) is 0 Å². The monoisotopic (exact) mass is 343 g/mol. The third-order valence-corrected chi connectivity index (χ3v) is 4.81. The Labute approximate surface area is 134 Å². The van der Waals surface area contributed by atoms with Crippen LogP contribution in [0.5, 0.6) is 0 Å². The lowest BCUT2D eigenvalue weighted by molar-refractivity contribution is -0.133. The molecule has 0 spiro atoms. The standard InChI is InChI=1S/C13H13NO4S3/c15-11(16)8-20-13(19)18-7-3-6-14-9-4-1-2-5-10(9)21-12(14)17/h1-2,4-5H,3,6-8H2,(H,15,16). The summed E-state index contributed by atoms with van der Waals surface area (Å²) in [5, 5.41) is 8.52. The fourth-order valence-corrected chi connectivity index (χ4v) is 3.35. The molecule has 0 aliphatic rings. The van der Waals surface area contributed by atoms with Gasteiger partial charge in [-0.2, -0.15) is 0 Å². The predicted octanol–water partition coefficient (Wildman–Crippen LogP) is 2.57. The lowest BCUT2D eigenvalue weighted by atomic mass is 10.3. The highest BCUT2D eigenvalue weighted by molar-refractivity contribution is 8.23. The smallest absolute Gasteiger partial charge is 0.313 e. The summed E-state index contributed by atoms with van der Waals surface area (Å²) in [5.41, 5.74) is 0.926. The molecule has 2 aromatic rings. The largest absolute Gasteiger partial charge is 0.481 e. The molecule has 1 aromatic heterocycles. The molecule has 0 bridgehead atoms. The molecule has 0 saturated heterocycles. The first-order valence-electron chi connectivity index (χ1n) is 6.17. The Bertz CT molecular complexity index is 707. The summed E-state index contributed by atoms with van der Waals surface area (Å²) >= 11 is 7.11. The number of hydrogen-bond donors (Lipinski definition) is 1. The molecule has 0 fully saturated rings. The minimum Gasteiger partial charge on any atom is -0.481 e. The number of aliphatic carboxylic acids is 1. The second kappa shape index (κ2) is 7.58. The first kappa shape index (κ1) is 16.0. The lowest BCUT2D eigenvalue weighted by Crippen LogP contribution is -2.14. The van der Waals surface area contributed by atoms with Gasteiger partial charge in [-0.25, -0.2) is 0 Å². The van der Waals surface area contributed by atoms with Crippen LogP contribution >= 0.6 is 35.3 Å². The van der Waals surface area contributed by atoms with Gasteiger partial charge in [0.1, 0.15) is 0 Å². The normalized spacial score (nSPS) is 10.7. The summed E-state index contributed by atoms with van der Waals surface area (Å²) in [7, 11) is 0. The number of carboxylic acids is 1. The molecule has 21 heavy (non-hydrogen) atoms. The van der Waals surface area contributed by atoms with E-state index in [1.165, 1.54) is 11.3 Å². The van der Waals surface area contributed by atoms with Crippen LogP contribution < -0.4 is 4.87 Å². The van der Waals surface area contributed by atoms with Crippen LogP contribution in [-0.4, -0.2) is 32.4 Å². The number of carbonyl (C=O) groups is 1. The Morgan fingerprint density at radius 2 is 2.19 bits per heavy atom. The Morgan fingerprint density at radius 3 is 2.95 bits per heavy atom. The minimum atomic E-state index is -0.928. The summed E-state index contributed by atoms with van der Waals surface area (Å²) in [4.78, 5) is 22.3. The molecule has 112 valence electrons. The van der Waals surface area contributed by atoms with Gasteiger partial charge in [0.05, 0.1) is 22.6 Å². The maximum Gasteiger partial charge on any atom is 0.313 e. The van der Waals surface area contributed by atoms with Crippen molar-refractivity contribution in [2.75, 3.05) is 12.4 Å². The van der Waals surface area contributed by atoms with Gasteiger partial charge in [-0.1, -0.05) is 35.2 Å². The fraction of sp³-hybridized carbons (Fsp3) is 0.308. The minimum absolute atomic E-state index is 0.0130. The van der Waals surface area contributed by atoms with E-state index >= 15 is 0 Å². The van der Waals surface area contributed by atoms with Gasteiger partial charge >= 0.3 is 10.8 Å². The van der Waals surface area contributed by atoms with Gasteiger partial charge in [0.2, 0.25) is 4.38 Å². The quantitative estimate of drug-likeness (QED) is 0.642. The van der Waals surface area contributed by atoms with Crippen LogP contribution in [0.2, 0.25) is 0 Å². The summed E-state index contributed by atoms with van der Waals surface area (Å²) in [5.74, 6) is -1.03. The number of nitrogens with zero attached hydrogens (tertiary/aromatic N) is 1. The number of carboxylic acid groups (broad SMARTS) is 1. The summed E-state index contributed by atoms with van der Waals surface area (Å²) in [6, 6.07) is 7.65. The lowest BCUT2D eigenvalue weighted by Gasteiger charge is -2.06. The van der Waals surface area contributed by atoms with Crippen molar-refractivity contribution in [1.29, 1.82) is 0 Å². The van der Waals surface area contributed by atoms with E-state index in [2.05, 4.69) is 0 Å². The van der Waals surface area contributed by atoms with E-state index in [9.17, 15) is 9.59 Å². The van der Waals surface area contributed by atoms with E-state index < -0.39 is 5.97 Å². The predicted molar refractivity (Wildman–Crippen MR) is 89.3 cm³/mol. The van der Waals surface area contributed by atoms with E-state index in [1.54, 1.807) is 4.57 Å². The molecule has 0 saturated carbocycles. The zero-order valence-corrected chi connectivity index (χ0v) is 13.4. The van der Waals surface area contributed by atoms with Gasteiger partial charge in [0, 0.05) is 6.54 Å². The molecular formula is C13H13NO4S3. The number of hydrogen-bond acceptors (Lipinski definition) is 6. The topological polar surface area (TPSA) is 68.5 Å². The number of aromatic nitrogens is 1. The van der Waals surface area contributed by atoms with E-state index in [0.717, 1.165) is 22.0 Å². The molecule has 5 nitrogen and oxygen atoms in total. The van der Waals surface area contributed by atoms with Crippen molar-refractivity contribution in [3.8, 4) is 0 Å². The van der Waals surface area contributed by atoms with Crippen LogP contribution in [0.4, 0.5) is 0 Å². The maximum absolute atomic E-state index is 11.9. The molecule has 0 aliphatic carbocycles. The van der Waals surface area contributed by atoms with Crippen molar-refractivity contribution >= 4 is 55.9 Å².